The van der Waals surface area contributed by atoms with E-state index in [1.54, 1.807) is 24.3 Å². The van der Waals surface area contributed by atoms with Gasteiger partial charge in [-0.1, -0.05) is 0 Å². The van der Waals surface area contributed by atoms with Crippen LogP contribution in [-0.2, 0) is 39.9 Å². The van der Waals surface area contributed by atoms with Crippen molar-refractivity contribution in [2.24, 2.45) is 0 Å². The number of carboxylic acids is 2. The largest absolute Gasteiger partial charge is 0.291 e. The van der Waals surface area contributed by atoms with Crippen LogP contribution < -0.4 is 43.9 Å². The van der Waals surface area contributed by atoms with Crippen molar-refractivity contribution >= 4 is 96.9 Å². The van der Waals surface area contributed by atoms with Crippen LogP contribution in [0, 0.1) is 0 Å². The summed E-state index contributed by atoms with van der Waals surface area (Å²) in [6, 6.07) is 9.01. The summed E-state index contributed by atoms with van der Waals surface area (Å²) in [7, 11) is 0. The van der Waals surface area contributed by atoms with E-state index in [1.807, 2.05) is 0 Å². The predicted molar refractivity (Wildman–Crippen MR) is 226 cm³/mol. The van der Waals surface area contributed by atoms with E-state index in [1.165, 1.54) is 36.7 Å². The zero-order valence-electron chi connectivity index (χ0n) is 33.4. The number of carbonyl (C=O) groups excluding carboxylic acids is 4. The molecule has 0 radical (unpaired) electrons. The number of aromatic amines is 2. The number of nitrogen functional groups attached to an aromatic ring is 2. The van der Waals surface area contributed by atoms with Crippen LogP contribution in [0.2, 0.25) is 0 Å². The average Bonchev–Trinajstić information content (AvgIpc) is 3.27. The first kappa shape index (κ1) is 45.9. The van der Waals surface area contributed by atoms with Crippen LogP contribution in [0.3, 0.4) is 0 Å². The second-order valence-corrected chi connectivity index (χ2v) is 14.6. The molecular weight excluding hydrogens is 923 g/mol. The van der Waals surface area contributed by atoms with Gasteiger partial charge in [0.25, 0.3) is 11.1 Å². The van der Waals surface area contributed by atoms with E-state index in [0.717, 1.165) is 0 Å². The van der Waals surface area contributed by atoms with E-state index >= 15 is 0 Å². The molecule has 6 rings (SSSR count). The molecule has 6 aromatic rings. The molecule has 0 spiro atoms. The number of hydrogen-bond donors (Lipinski definition) is 10. The fraction of sp³-hybridized carbons (Fsp3) is 0.211. The molecule has 0 aliphatic rings. The topological polar surface area (TPSA) is 405 Å². The number of benzene rings is 2. The number of aliphatic carboxylic acids is 2. The van der Waals surface area contributed by atoms with Crippen molar-refractivity contribution in [3.05, 3.63) is 104 Å². The van der Waals surface area contributed by atoms with E-state index in [2.05, 4.69) is 61.1 Å². The molecule has 27 heteroatoms. The molecule has 2 atom stereocenters. The van der Waals surface area contributed by atoms with Crippen LogP contribution in [-0.4, -0.2) is 113 Å². The minimum absolute atomic E-state index is 0.0103. The molecule has 4 heterocycles. The normalized spacial score (nSPS) is 11.8. The second-order valence-electron chi connectivity index (χ2n) is 13.6. The average molecular weight is 960 g/mol. The Morgan fingerprint density at radius 1 is 0.615 bits per heavy atom. The first-order valence-corrected chi connectivity index (χ1v) is 20.4. The van der Waals surface area contributed by atoms with Gasteiger partial charge in [-0.3, -0.25) is 19.6 Å². The molecule has 4 aromatic heterocycles. The van der Waals surface area contributed by atoms with E-state index in [-0.39, 0.29) is 71.3 Å². The fourth-order valence-electron chi connectivity index (χ4n) is 5.67. The number of rotatable bonds is 20. The van der Waals surface area contributed by atoms with Crippen molar-refractivity contribution in [2.75, 3.05) is 22.1 Å². The molecule has 0 aliphatic heterocycles. The van der Waals surface area contributed by atoms with Gasteiger partial charge < -0.3 is 11.5 Å². The third-order valence-electron chi connectivity index (χ3n) is 8.95. The summed E-state index contributed by atoms with van der Waals surface area (Å²) in [6.07, 6.45) is 1.18. The molecule has 0 bridgehead atoms. The maximum Gasteiger partial charge on any atom is 0.280 e. The summed E-state index contributed by atoms with van der Waals surface area (Å²) in [5, 5.41) is 30.1. The van der Waals surface area contributed by atoms with Crippen LogP contribution >= 0.6 is 0 Å². The third kappa shape index (κ3) is 12.7. The van der Waals surface area contributed by atoms with Crippen LogP contribution in [0.1, 0.15) is 57.8 Å². The Balaban J connectivity index is 0.877. The number of H-pyrrole nitrogens is 2. The number of aromatic nitrogens is 8. The molecule has 26 nitrogen and oxygen atoms in total. The van der Waals surface area contributed by atoms with Gasteiger partial charge in [0.05, 0.1) is 36.9 Å². The smallest absolute Gasteiger partial charge is 0.280 e. The molecule has 65 heavy (non-hydrogen) atoms. The first-order valence-electron chi connectivity index (χ1n) is 19.0. The molecule has 0 aliphatic carbocycles. The molecule has 0 saturated heterocycles. The van der Waals surface area contributed by atoms with Gasteiger partial charge in [-0.05, 0) is 0 Å². The maximum atomic E-state index is 12.8. The summed E-state index contributed by atoms with van der Waals surface area (Å²) in [5.74, 6) is -6.33. The minimum atomic E-state index is -1.49. The quantitative estimate of drug-likeness (QED) is 0.0426. The number of nitrogens with one attached hydrogen (secondary N) is 6. The number of carbonyl (C=O) groups is 6. The molecule has 2 amide bonds. The zero-order valence-corrected chi connectivity index (χ0v) is 35.1. The maximum absolute atomic E-state index is 12.8. The number of amides is 2. The molecule has 12 N–H and O–H groups in total. The Kier molecular flexibility index (Phi) is 14.8. The summed E-state index contributed by atoms with van der Waals surface area (Å²) < 4.78 is 9.81. The zero-order chi connectivity index (χ0) is 46.6. The first-order chi connectivity index (χ1) is 31.1. The summed E-state index contributed by atoms with van der Waals surface area (Å²) in [5.41, 5.74) is 12.4. The van der Waals surface area contributed by atoms with Crippen molar-refractivity contribution in [2.45, 2.75) is 50.9 Å². The summed E-state index contributed by atoms with van der Waals surface area (Å²) in [4.78, 5) is 127. The number of anilines is 4. The van der Waals surface area contributed by atoms with Crippen LogP contribution in [0.15, 0.2) is 70.5 Å². The second kappa shape index (κ2) is 21.0. The monoisotopic (exact) mass is 960 g/mol. The molecule has 336 valence electrons. The Morgan fingerprint density at radius 3 is 1.37 bits per heavy atom. The van der Waals surface area contributed by atoms with Crippen molar-refractivity contribution in [1.29, 1.82) is 0 Å². The standard InChI is InChI=1S/C38H36N14O12Se/c39-37-49-29-27(33(57)51-37)45-21(15-43-29)13-41-19-5-1-17(2-6-19)31(55)47-23(35(59)60)9-11-25(53)63-65-64-26(54)12-10-24(36(61)62)48-32(56)18-3-7-20(8-4-18)42-14-22-16-44-30-28(46-22)34(58)52-38(40)50-30/h1-8,15-16,23-24,41-42H,9-14H2,(H,47,55)(H,48,56)(H,59,60)(H,61,62)(H3,39,43,49,51,57)(H3,40,44,50,52,58)/t23-,24-/m0/s1. The Hall–Kier alpha value is -8.58. The Bertz CT molecular complexity index is 2700. The van der Waals surface area contributed by atoms with E-state index in [0.29, 0.717) is 22.8 Å². The van der Waals surface area contributed by atoms with Gasteiger partial charge in [-0.25, -0.2) is 19.9 Å². The van der Waals surface area contributed by atoms with Gasteiger partial charge in [-0.15, -0.1) is 0 Å². The Labute approximate surface area is 370 Å². The van der Waals surface area contributed by atoms with Crippen molar-refractivity contribution in [3.63, 3.8) is 0 Å². The third-order valence-corrected chi connectivity index (χ3v) is 10.0. The molecule has 0 unspecified atom stereocenters. The Morgan fingerprint density at radius 2 is 1.00 bits per heavy atom. The molecule has 2 aromatic carbocycles. The summed E-state index contributed by atoms with van der Waals surface area (Å²) in [6.45, 7) is 0.321. The molecular formula is C38H36N14O12Se. The number of carboxylic acid groups (broad SMARTS) is 2. The van der Waals surface area contributed by atoms with Gasteiger partial charge in [0, 0.05) is 0 Å². The van der Waals surface area contributed by atoms with Gasteiger partial charge in [0.1, 0.15) is 0 Å². The minimum Gasteiger partial charge on any atom is -0.291 e. The van der Waals surface area contributed by atoms with Crippen LogP contribution in [0.4, 0.5) is 23.3 Å². The number of hydrogen-bond acceptors (Lipinski definition) is 20. The van der Waals surface area contributed by atoms with E-state index < -0.39 is 87.4 Å². The van der Waals surface area contributed by atoms with Crippen molar-refractivity contribution in [1.82, 2.24) is 50.5 Å². The van der Waals surface area contributed by atoms with Crippen LogP contribution in [0.5, 0.6) is 0 Å². The van der Waals surface area contributed by atoms with Crippen molar-refractivity contribution in [3.8, 4) is 0 Å². The molecule has 0 fully saturated rings. The van der Waals surface area contributed by atoms with Gasteiger partial charge in [0.15, 0.2) is 22.3 Å². The predicted octanol–water partition coefficient (Wildman–Crippen LogP) is -0.625. The van der Waals surface area contributed by atoms with Crippen molar-refractivity contribution < 1.29 is 46.6 Å². The number of fused-ring (bicyclic) bond motifs is 2. The van der Waals surface area contributed by atoms with Gasteiger partial charge in [-0.2, -0.15) is 9.97 Å². The fourth-order valence-corrected chi connectivity index (χ4v) is 6.41. The number of nitrogens with zero attached hydrogens (tertiary/aromatic N) is 6. The van der Waals surface area contributed by atoms with E-state index in [4.69, 9.17) is 19.1 Å². The van der Waals surface area contributed by atoms with E-state index in [9.17, 15) is 48.6 Å². The van der Waals surface area contributed by atoms with Gasteiger partial charge in [0.2, 0.25) is 11.9 Å². The summed E-state index contributed by atoms with van der Waals surface area (Å²) >= 11 is -1.49. The number of nitrogens with two attached hydrogens (primary N) is 2. The molecule has 0 saturated carbocycles. The SMILES string of the molecule is Nc1nc2ncc(CNc3ccc(C(=O)N[C@@H](CCC(=O)O[Se]OC(=O)CC[C@H](NC(=O)c4ccc(NCc5cnc6nc(N)[nH]c(=O)c6n5)cc4)C(=O)O)C(=O)O)cc3)nc2c(=O)[nH]1. The van der Waals surface area contributed by atoms with Gasteiger partial charge >= 0.3 is 228 Å². The van der Waals surface area contributed by atoms with Crippen LogP contribution in [0.25, 0.3) is 22.3 Å².